The predicted octanol–water partition coefficient (Wildman–Crippen LogP) is 2.32. The van der Waals surface area contributed by atoms with Crippen LogP contribution in [0.1, 0.15) is 26.3 Å². The van der Waals surface area contributed by atoms with Crippen LogP contribution in [0, 0.1) is 0 Å². The first-order valence-corrected chi connectivity index (χ1v) is 11.5. The van der Waals surface area contributed by atoms with Crippen LogP contribution in [0.4, 0.5) is 4.79 Å². The second kappa shape index (κ2) is 11.1. The molecule has 1 aromatic heterocycles. The van der Waals surface area contributed by atoms with Crippen LogP contribution in [0.2, 0.25) is 0 Å². The zero-order chi connectivity index (χ0) is 24.6. The number of nitrogens with one attached hydrogen (secondary N) is 2. The van der Waals surface area contributed by atoms with Crippen molar-refractivity contribution in [3.8, 4) is 5.88 Å². The summed E-state index contributed by atoms with van der Waals surface area (Å²) in [6.45, 7) is 0.427. The molecule has 0 spiro atoms. The van der Waals surface area contributed by atoms with E-state index in [9.17, 15) is 22.8 Å². The highest BCUT2D eigenvalue weighted by Gasteiger charge is 2.20. The molecule has 0 bridgehead atoms. The van der Waals surface area contributed by atoms with Crippen LogP contribution in [-0.2, 0) is 21.2 Å². The predicted molar refractivity (Wildman–Crippen MR) is 121 cm³/mol. The Bertz CT molecular complexity index is 1260. The number of amides is 2. The minimum Gasteiger partial charge on any atom is -0.437 e. The van der Waals surface area contributed by atoms with Gasteiger partial charge in [-0.25, -0.2) is 22.9 Å². The molecular weight excluding hydrogens is 462 g/mol. The number of sulfonamides is 1. The van der Waals surface area contributed by atoms with E-state index in [-0.39, 0.29) is 27.8 Å². The maximum absolute atomic E-state index is 12.5. The van der Waals surface area contributed by atoms with Gasteiger partial charge >= 0.3 is 6.16 Å². The molecule has 0 aliphatic heterocycles. The van der Waals surface area contributed by atoms with E-state index in [4.69, 9.17) is 4.74 Å². The van der Waals surface area contributed by atoms with E-state index in [0.717, 1.165) is 18.9 Å². The number of rotatable bonds is 8. The molecule has 1 heterocycles. The number of carbonyl (C=O) groups is 3. The quantitative estimate of drug-likeness (QED) is 0.465. The normalized spacial score (nSPS) is 10.7. The van der Waals surface area contributed by atoms with E-state index in [1.54, 1.807) is 0 Å². The van der Waals surface area contributed by atoms with Gasteiger partial charge in [0.2, 0.25) is 5.88 Å². The zero-order valence-corrected chi connectivity index (χ0v) is 18.9. The van der Waals surface area contributed by atoms with Crippen LogP contribution in [0.25, 0.3) is 0 Å². The molecule has 2 N–H and O–H groups in total. The maximum Gasteiger partial charge on any atom is 0.514 e. The van der Waals surface area contributed by atoms with Crippen molar-refractivity contribution in [2.75, 3.05) is 13.7 Å². The van der Waals surface area contributed by atoms with Gasteiger partial charge in [0, 0.05) is 24.4 Å². The molecule has 10 nitrogen and oxygen atoms in total. The molecule has 0 saturated heterocycles. The minimum absolute atomic E-state index is 0.0739. The molecule has 0 atom stereocenters. The van der Waals surface area contributed by atoms with Gasteiger partial charge < -0.3 is 14.8 Å². The van der Waals surface area contributed by atoms with Crippen LogP contribution >= 0.6 is 0 Å². The maximum atomic E-state index is 12.5. The van der Waals surface area contributed by atoms with E-state index >= 15 is 0 Å². The smallest absolute Gasteiger partial charge is 0.437 e. The summed E-state index contributed by atoms with van der Waals surface area (Å²) < 4.78 is 36.0. The molecule has 0 radical (unpaired) electrons. The molecule has 0 aliphatic carbocycles. The van der Waals surface area contributed by atoms with Gasteiger partial charge in [-0.3, -0.25) is 9.59 Å². The molecule has 0 fully saturated rings. The first-order chi connectivity index (χ1) is 16.3. The van der Waals surface area contributed by atoms with Crippen LogP contribution in [0.3, 0.4) is 0 Å². The number of methoxy groups -OCH3 is 1. The van der Waals surface area contributed by atoms with Crippen molar-refractivity contribution in [3.05, 3.63) is 89.6 Å². The summed E-state index contributed by atoms with van der Waals surface area (Å²) in [5.74, 6) is -1.40. The fraction of sp³-hybridized carbons (Fsp3) is 0.130. The molecule has 2 amide bonds. The van der Waals surface area contributed by atoms with Gasteiger partial charge in [-0.05, 0) is 42.3 Å². The van der Waals surface area contributed by atoms with E-state index < -0.39 is 22.1 Å². The van der Waals surface area contributed by atoms with Gasteiger partial charge in [0.25, 0.3) is 21.8 Å². The van der Waals surface area contributed by atoms with Gasteiger partial charge in [0.15, 0.2) is 0 Å². The Morgan fingerprint density at radius 3 is 2.18 bits per heavy atom. The Balaban J connectivity index is 1.57. The largest absolute Gasteiger partial charge is 0.514 e. The topological polar surface area (TPSA) is 141 Å². The summed E-state index contributed by atoms with van der Waals surface area (Å²) in [6, 6.07) is 17.3. The van der Waals surface area contributed by atoms with E-state index in [2.05, 4.69) is 15.0 Å². The van der Waals surface area contributed by atoms with Gasteiger partial charge in [-0.2, -0.15) is 0 Å². The molecular formula is C23H21N3O7S. The average molecular weight is 484 g/mol. The van der Waals surface area contributed by atoms with Gasteiger partial charge in [-0.1, -0.05) is 30.3 Å². The summed E-state index contributed by atoms with van der Waals surface area (Å²) in [4.78, 5) is 39.2. The lowest BCUT2D eigenvalue weighted by atomic mass is 10.1. The molecule has 3 rings (SSSR count). The Hall–Kier alpha value is -4.25. The number of pyridine rings is 1. The highest BCUT2D eigenvalue weighted by molar-refractivity contribution is 7.90. The number of aromatic nitrogens is 1. The van der Waals surface area contributed by atoms with Gasteiger partial charge in [0.1, 0.15) is 0 Å². The standard InChI is InChI=1S/C23H21N3O7S/c1-32-23(29)33-20-12-9-18(15-25-20)22(28)26-34(30,31)19-10-7-17(8-11-19)21(27)24-14-13-16-5-3-2-4-6-16/h2-12,15H,13-14H2,1H3,(H,24,27)(H,26,28). The second-order valence-corrected chi connectivity index (χ2v) is 8.57. The third kappa shape index (κ3) is 6.62. The van der Waals surface area contributed by atoms with Gasteiger partial charge in [-0.15, -0.1) is 0 Å². The van der Waals surface area contributed by atoms with Crippen molar-refractivity contribution in [1.29, 1.82) is 0 Å². The summed E-state index contributed by atoms with van der Waals surface area (Å²) in [6.07, 6.45) is 0.724. The number of hydrogen-bond donors (Lipinski definition) is 2. The highest BCUT2D eigenvalue weighted by atomic mass is 32.2. The fourth-order valence-electron chi connectivity index (χ4n) is 2.79. The summed E-state index contributed by atoms with van der Waals surface area (Å²) in [7, 11) is -3.08. The lowest BCUT2D eigenvalue weighted by molar-refractivity contribution is 0.0951. The van der Waals surface area contributed by atoms with Crippen LogP contribution in [-0.4, -0.2) is 45.0 Å². The van der Waals surface area contributed by atoms with Crippen molar-refractivity contribution in [2.24, 2.45) is 0 Å². The highest BCUT2D eigenvalue weighted by Crippen LogP contribution is 2.13. The first kappa shape index (κ1) is 24.4. The summed E-state index contributed by atoms with van der Waals surface area (Å²) in [5.41, 5.74) is 1.29. The van der Waals surface area contributed by atoms with Crippen LogP contribution in [0.15, 0.2) is 77.8 Å². The second-order valence-electron chi connectivity index (χ2n) is 6.89. The fourth-order valence-corrected chi connectivity index (χ4v) is 3.77. The number of ether oxygens (including phenoxy) is 2. The van der Waals surface area contributed by atoms with Crippen molar-refractivity contribution in [1.82, 2.24) is 15.0 Å². The summed E-state index contributed by atoms with van der Waals surface area (Å²) >= 11 is 0. The van der Waals surface area contributed by atoms with Crippen molar-refractivity contribution < 1.29 is 32.3 Å². The number of benzene rings is 2. The van der Waals surface area contributed by atoms with E-state index in [1.807, 2.05) is 35.1 Å². The molecule has 176 valence electrons. The molecule has 34 heavy (non-hydrogen) atoms. The third-order valence-corrected chi connectivity index (χ3v) is 5.90. The molecule has 0 saturated carbocycles. The molecule has 0 unspecified atom stereocenters. The Kier molecular flexibility index (Phi) is 7.93. The Morgan fingerprint density at radius 2 is 1.56 bits per heavy atom. The van der Waals surface area contributed by atoms with E-state index in [1.165, 1.54) is 36.4 Å². The van der Waals surface area contributed by atoms with Crippen LogP contribution in [0.5, 0.6) is 5.88 Å². The lowest BCUT2D eigenvalue weighted by Crippen LogP contribution is -2.31. The number of hydrogen-bond acceptors (Lipinski definition) is 8. The Labute approximate surface area is 196 Å². The van der Waals surface area contributed by atoms with E-state index in [0.29, 0.717) is 13.0 Å². The van der Waals surface area contributed by atoms with Gasteiger partial charge in [0.05, 0.1) is 17.6 Å². The number of carbonyl (C=O) groups excluding carboxylic acids is 3. The molecule has 0 aliphatic rings. The molecule has 2 aromatic carbocycles. The summed E-state index contributed by atoms with van der Waals surface area (Å²) in [5, 5.41) is 2.78. The van der Waals surface area contributed by atoms with Crippen molar-refractivity contribution >= 4 is 28.0 Å². The first-order valence-electron chi connectivity index (χ1n) is 9.99. The van der Waals surface area contributed by atoms with Crippen molar-refractivity contribution in [2.45, 2.75) is 11.3 Å². The molecule has 3 aromatic rings. The lowest BCUT2D eigenvalue weighted by Gasteiger charge is -2.09. The minimum atomic E-state index is -4.20. The SMILES string of the molecule is COC(=O)Oc1ccc(C(=O)NS(=O)(=O)c2ccc(C(=O)NCCc3ccccc3)cc2)cn1. The third-order valence-electron chi connectivity index (χ3n) is 4.55. The Morgan fingerprint density at radius 1 is 0.882 bits per heavy atom. The van der Waals surface area contributed by atoms with Crippen molar-refractivity contribution in [3.63, 3.8) is 0 Å². The number of nitrogens with zero attached hydrogens (tertiary/aromatic N) is 1. The zero-order valence-electron chi connectivity index (χ0n) is 18.1. The monoisotopic (exact) mass is 483 g/mol. The van der Waals surface area contributed by atoms with Crippen LogP contribution < -0.4 is 14.8 Å². The molecule has 11 heteroatoms. The average Bonchev–Trinajstić information content (AvgIpc) is 2.84.